The minimum atomic E-state index is -4.27. The summed E-state index contributed by atoms with van der Waals surface area (Å²) in [7, 11) is 1.81. The maximum absolute atomic E-state index is 12.0. The normalized spacial score (nSPS) is 13.7. The molecule has 0 aromatic carbocycles. The summed E-state index contributed by atoms with van der Waals surface area (Å²) in [6.07, 6.45) is -1.15. The quantitative estimate of drug-likeness (QED) is 0.743. The molecular weight excluding hydrogens is 259 g/mol. The van der Waals surface area contributed by atoms with E-state index in [2.05, 4.69) is 15.2 Å². The zero-order valence-corrected chi connectivity index (χ0v) is 11.2. The van der Waals surface area contributed by atoms with Gasteiger partial charge in [-0.25, -0.2) is 0 Å². The number of aromatic nitrogens is 2. The van der Waals surface area contributed by atoms with Crippen LogP contribution < -0.4 is 5.32 Å². The number of ether oxygens (including phenoxy) is 1. The van der Waals surface area contributed by atoms with Gasteiger partial charge in [-0.3, -0.25) is 4.68 Å². The Labute approximate surface area is 110 Å². The molecular formula is C12H20F3N3O. The third kappa shape index (κ3) is 6.07. The summed E-state index contributed by atoms with van der Waals surface area (Å²) >= 11 is 0. The second-order valence-electron chi connectivity index (χ2n) is 4.34. The number of alkyl halides is 3. The van der Waals surface area contributed by atoms with Gasteiger partial charge in [0, 0.05) is 19.9 Å². The van der Waals surface area contributed by atoms with Gasteiger partial charge in [-0.05, 0) is 25.5 Å². The van der Waals surface area contributed by atoms with Crippen LogP contribution in [0.4, 0.5) is 13.2 Å². The smallest absolute Gasteiger partial charge is 0.372 e. The average molecular weight is 279 g/mol. The Balaban J connectivity index is 2.45. The fourth-order valence-electron chi connectivity index (χ4n) is 1.79. The van der Waals surface area contributed by atoms with Crippen LogP contribution in [-0.4, -0.2) is 35.7 Å². The first kappa shape index (κ1) is 16.0. The summed E-state index contributed by atoms with van der Waals surface area (Å²) in [5, 5.41) is 7.36. The molecule has 1 aromatic rings. The van der Waals surface area contributed by atoms with Gasteiger partial charge in [0.1, 0.15) is 6.61 Å². The molecule has 110 valence electrons. The Morgan fingerprint density at radius 2 is 2.21 bits per heavy atom. The van der Waals surface area contributed by atoms with Gasteiger partial charge >= 0.3 is 6.18 Å². The zero-order chi connectivity index (χ0) is 14.3. The number of aryl methyl sites for hydroxylation is 1. The highest BCUT2D eigenvalue weighted by atomic mass is 19.4. The van der Waals surface area contributed by atoms with Crippen molar-refractivity contribution in [2.45, 2.75) is 32.0 Å². The van der Waals surface area contributed by atoms with Gasteiger partial charge in [-0.1, -0.05) is 6.92 Å². The minimum absolute atomic E-state index is 0.0410. The molecule has 19 heavy (non-hydrogen) atoms. The lowest BCUT2D eigenvalue weighted by molar-refractivity contribution is -0.174. The molecule has 1 aromatic heterocycles. The van der Waals surface area contributed by atoms with E-state index in [-0.39, 0.29) is 12.6 Å². The van der Waals surface area contributed by atoms with Gasteiger partial charge in [-0.15, -0.1) is 0 Å². The predicted molar refractivity (Wildman–Crippen MR) is 65.7 cm³/mol. The lowest BCUT2D eigenvalue weighted by atomic mass is 10.1. The fourth-order valence-corrected chi connectivity index (χ4v) is 1.79. The molecule has 4 nitrogen and oxygen atoms in total. The van der Waals surface area contributed by atoms with Crippen molar-refractivity contribution in [2.75, 3.05) is 19.8 Å². The Hall–Kier alpha value is -1.08. The van der Waals surface area contributed by atoms with Crippen molar-refractivity contribution in [1.82, 2.24) is 15.1 Å². The molecule has 0 aliphatic carbocycles. The number of rotatable bonds is 8. The van der Waals surface area contributed by atoms with Gasteiger partial charge in [0.05, 0.1) is 11.7 Å². The van der Waals surface area contributed by atoms with Crippen molar-refractivity contribution in [1.29, 1.82) is 0 Å². The molecule has 0 bridgehead atoms. The number of halogens is 3. The third-order valence-corrected chi connectivity index (χ3v) is 2.67. The highest BCUT2D eigenvalue weighted by Gasteiger charge is 2.27. The summed E-state index contributed by atoms with van der Waals surface area (Å²) in [5.74, 6) is 0. The topological polar surface area (TPSA) is 39.1 Å². The molecule has 0 radical (unpaired) electrons. The number of hydrogen-bond acceptors (Lipinski definition) is 3. The number of hydrogen-bond donors (Lipinski definition) is 1. The van der Waals surface area contributed by atoms with E-state index in [0.29, 0.717) is 6.42 Å². The van der Waals surface area contributed by atoms with Gasteiger partial charge in [0.25, 0.3) is 0 Å². The van der Waals surface area contributed by atoms with Crippen LogP contribution in [-0.2, 0) is 11.8 Å². The van der Waals surface area contributed by atoms with E-state index in [1.54, 1.807) is 10.9 Å². The zero-order valence-electron chi connectivity index (χ0n) is 11.2. The van der Waals surface area contributed by atoms with Crippen molar-refractivity contribution >= 4 is 0 Å². The molecule has 1 heterocycles. The van der Waals surface area contributed by atoms with E-state index in [1.807, 2.05) is 20.0 Å². The van der Waals surface area contributed by atoms with Crippen LogP contribution in [0.2, 0.25) is 0 Å². The molecule has 1 rings (SSSR count). The largest absolute Gasteiger partial charge is 0.411 e. The first-order valence-corrected chi connectivity index (χ1v) is 6.30. The SMILES string of the molecule is CCCNC(CCOCC(F)(F)F)c1ccnn1C. The molecule has 0 spiro atoms. The third-order valence-electron chi connectivity index (χ3n) is 2.67. The van der Waals surface area contributed by atoms with Crippen molar-refractivity contribution in [3.63, 3.8) is 0 Å². The summed E-state index contributed by atoms with van der Waals surface area (Å²) in [4.78, 5) is 0. The molecule has 0 aliphatic rings. The van der Waals surface area contributed by atoms with Crippen LogP contribution in [0, 0.1) is 0 Å². The van der Waals surface area contributed by atoms with Crippen LogP contribution in [0.1, 0.15) is 31.5 Å². The maximum Gasteiger partial charge on any atom is 0.411 e. The first-order valence-electron chi connectivity index (χ1n) is 6.30. The molecule has 0 saturated carbocycles. The van der Waals surface area contributed by atoms with Crippen molar-refractivity contribution in [3.05, 3.63) is 18.0 Å². The van der Waals surface area contributed by atoms with Gasteiger partial charge in [-0.2, -0.15) is 18.3 Å². The molecule has 0 aliphatic heterocycles. The van der Waals surface area contributed by atoms with Gasteiger partial charge < -0.3 is 10.1 Å². The number of nitrogens with one attached hydrogen (secondary N) is 1. The van der Waals surface area contributed by atoms with Crippen LogP contribution in [0.5, 0.6) is 0 Å². The lowest BCUT2D eigenvalue weighted by Gasteiger charge is -2.19. The van der Waals surface area contributed by atoms with Crippen molar-refractivity contribution in [3.8, 4) is 0 Å². The van der Waals surface area contributed by atoms with Crippen LogP contribution in [0.25, 0.3) is 0 Å². The average Bonchev–Trinajstić information content (AvgIpc) is 2.73. The lowest BCUT2D eigenvalue weighted by Crippen LogP contribution is -2.26. The van der Waals surface area contributed by atoms with Crippen molar-refractivity contribution < 1.29 is 17.9 Å². The Morgan fingerprint density at radius 1 is 1.47 bits per heavy atom. The maximum atomic E-state index is 12.0. The van der Waals surface area contributed by atoms with Crippen LogP contribution in [0.15, 0.2) is 12.3 Å². The summed E-state index contributed by atoms with van der Waals surface area (Å²) in [5.41, 5.74) is 0.948. The molecule has 1 N–H and O–H groups in total. The summed E-state index contributed by atoms with van der Waals surface area (Å²) in [6.45, 7) is 1.70. The van der Waals surface area contributed by atoms with E-state index < -0.39 is 12.8 Å². The van der Waals surface area contributed by atoms with Gasteiger partial charge in [0.15, 0.2) is 0 Å². The molecule has 0 fully saturated rings. The first-order chi connectivity index (χ1) is 8.94. The van der Waals surface area contributed by atoms with Crippen LogP contribution in [0.3, 0.4) is 0 Å². The van der Waals surface area contributed by atoms with E-state index in [0.717, 1.165) is 18.7 Å². The molecule has 0 saturated heterocycles. The monoisotopic (exact) mass is 279 g/mol. The van der Waals surface area contributed by atoms with E-state index in [1.165, 1.54) is 0 Å². The molecule has 1 atom stereocenters. The highest BCUT2D eigenvalue weighted by molar-refractivity contribution is 5.06. The fraction of sp³-hybridized carbons (Fsp3) is 0.750. The molecule has 1 unspecified atom stereocenters. The Morgan fingerprint density at radius 3 is 2.74 bits per heavy atom. The van der Waals surface area contributed by atoms with Gasteiger partial charge in [0.2, 0.25) is 0 Å². The second-order valence-corrected chi connectivity index (χ2v) is 4.34. The predicted octanol–water partition coefficient (Wildman–Crippen LogP) is 2.43. The molecule has 7 heteroatoms. The standard InChI is InChI=1S/C12H20F3N3O/c1-3-6-16-10(11-4-7-17-18(11)2)5-8-19-9-12(13,14)15/h4,7,10,16H,3,5-6,8-9H2,1-2H3. The highest BCUT2D eigenvalue weighted by Crippen LogP contribution is 2.18. The van der Waals surface area contributed by atoms with E-state index >= 15 is 0 Å². The molecule has 0 amide bonds. The minimum Gasteiger partial charge on any atom is -0.372 e. The van der Waals surface area contributed by atoms with Crippen LogP contribution >= 0.6 is 0 Å². The van der Waals surface area contributed by atoms with E-state index in [4.69, 9.17) is 0 Å². The van der Waals surface area contributed by atoms with Crippen molar-refractivity contribution in [2.24, 2.45) is 7.05 Å². The Bertz CT molecular complexity index is 365. The second kappa shape index (κ2) is 7.49. The van der Waals surface area contributed by atoms with E-state index in [9.17, 15) is 13.2 Å². The Kier molecular flexibility index (Phi) is 6.30. The summed E-state index contributed by atoms with van der Waals surface area (Å²) in [6, 6.07) is 1.82. The summed E-state index contributed by atoms with van der Waals surface area (Å²) < 4.78 is 42.3. The number of nitrogens with zero attached hydrogens (tertiary/aromatic N) is 2.